The molecule has 0 unspecified atom stereocenters. The van der Waals surface area contributed by atoms with E-state index < -0.39 is 5.97 Å². The molecule has 0 saturated carbocycles. The SMILES string of the molecule is CC(C)c1cc(C(=O)O)c(Br)c(Cl)n1. The highest BCUT2D eigenvalue weighted by atomic mass is 79.9. The Labute approximate surface area is 95.2 Å². The van der Waals surface area contributed by atoms with E-state index >= 15 is 0 Å². The van der Waals surface area contributed by atoms with Gasteiger partial charge >= 0.3 is 5.97 Å². The molecule has 1 N–H and O–H groups in total. The van der Waals surface area contributed by atoms with Gasteiger partial charge in [-0.3, -0.25) is 0 Å². The number of pyridine rings is 1. The topological polar surface area (TPSA) is 50.2 Å². The number of hydrogen-bond donors (Lipinski definition) is 1. The van der Waals surface area contributed by atoms with Crippen molar-refractivity contribution >= 4 is 33.5 Å². The van der Waals surface area contributed by atoms with Crippen molar-refractivity contribution in [3.63, 3.8) is 0 Å². The molecule has 0 fully saturated rings. The molecular weight excluding hydrogens is 269 g/mol. The van der Waals surface area contributed by atoms with Crippen LogP contribution in [0.4, 0.5) is 0 Å². The predicted octanol–water partition coefficient (Wildman–Crippen LogP) is 3.32. The van der Waals surface area contributed by atoms with Crippen molar-refractivity contribution in [2.75, 3.05) is 0 Å². The van der Waals surface area contributed by atoms with Gasteiger partial charge in [0.1, 0.15) is 5.15 Å². The second kappa shape index (κ2) is 4.28. The summed E-state index contributed by atoms with van der Waals surface area (Å²) in [6.07, 6.45) is 0. The normalized spacial score (nSPS) is 10.6. The van der Waals surface area contributed by atoms with Gasteiger partial charge in [0.25, 0.3) is 0 Å². The summed E-state index contributed by atoms with van der Waals surface area (Å²) >= 11 is 8.87. The lowest BCUT2D eigenvalue weighted by Gasteiger charge is -2.08. The Kier molecular flexibility index (Phi) is 3.50. The minimum absolute atomic E-state index is 0.147. The summed E-state index contributed by atoms with van der Waals surface area (Å²) in [6, 6.07) is 1.53. The zero-order valence-electron chi connectivity index (χ0n) is 7.71. The Morgan fingerprint density at radius 2 is 2.21 bits per heavy atom. The molecule has 5 heteroatoms. The van der Waals surface area contributed by atoms with Crippen molar-refractivity contribution in [3.8, 4) is 0 Å². The first-order valence-electron chi connectivity index (χ1n) is 4.02. The molecule has 0 saturated heterocycles. The lowest BCUT2D eigenvalue weighted by atomic mass is 10.1. The van der Waals surface area contributed by atoms with Crippen LogP contribution in [-0.2, 0) is 0 Å². The van der Waals surface area contributed by atoms with Gasteiger partial charge in [0.2, 0.25) is 0 Å². The van der Waals surface area contributed by atoms with Crippen molar-refractivity contribution in [3.05, 3.63) is 26.9 Å². The number of halogens is 2. The lowest BCUT2D eigenvalue weighted by molar-refractivity contribution is 0.0695. The Hall–Kier alpha value is -0.610. The van der Waals surface area contributed by atoms with Crippen LogP contribution in [0.15, 0.2) is 10.5 Å². The molecule has 0 atom stereocenters. The Morgan fingerprint density at radius 3 is 2.64 bits per heavy atom. The second-order valence-electron chi connectivity index (χ2n) is 3.16. The minimum atomic E-state index is -1.01. The Balaban J connectivity index is 3.35. The van der Waals surface area contributed by atoms with Gasteiger partial charge in [-0.1, -0.05) is 25.4 Å². The van der Waals surface area contributed by atoms with Crippen LogP contribution in [0.5, 0.6) is 0 Å². The maximum atomic E-state index is 10.8. The van der Waals surface area contributed by atoms with Gasteiger partial charge in [-0.05, 0) is 27.9 Å². The summed E-state index contributed by atoms with van der Waals surface area (Å²) < 4.78 is 0.330. The summed E-state index contributed by atoms with van der Waals surface area (Å²) in [5.41, 5.74) is 0.823. The molecule has 76 valence electrons. The summed E-state index contributed by atoms with van der Waals surface area (Å²) in [5.74, 6) is -0.859. The molecule has 0 aliphatic rings. The van der Waals surface area contributed by atoms with Crippen LogP contribution in [-0.4, -0.2) is 16.1 Å². The molecule has 1 heterocycles. The van der Waals surface area contributed by atoms with Gasteiger partial charge in [0, 0.05) is 5.69 Å². The first-order chi connectivity index (χ1) is 6.43. The van der Waals surface area contributed by atoms with Crippen molar-refractivity contribution in [1.29, 1.82) is 0 Å². The van der Waals surface area contributed by atoms with E-state index in [0.29, 0.717) is 10.2 Å². The van der Waals surface area contributed by atoms with E-state index in [1.165, 1.54) is 6.07 Å². The van der Waals surface area contributed by atoms with Gasteiger partial charge in [-0.15, -0.1) is 0 Å². The Bertz CT molecular complexity index is 379. The van der Waals surface area contributed by atoms with E-state index in [-0.39, 0.29) is 16.6 Å². The number of carboxylic acids is 1. The van der Waals surface area contributed by atoms with E-state index in [2.05, 4.69) is 20.9 Å². The van der Waals surface area contributed by atoms with Gasteiger partial charge < -0.3 is 5.11 Å². The lowest BCUT2D eigenvalue weighted by Crippen LogP contribution is -2.03. The highest BCUT2D eigenvalue weighted by Gasteiger charge is 2.15. The molecule has 3 nitrogen and oxygen atoms in total. The third-order valence-electron chi connectivity index (χ3n) is 1.76. The van der Waals surface area contributed by atoms with Crippen LogP contribution < -0.4 is 0 Å². The second-order valence-corrected chi connectivity index (χ2v) is 4.31. The molecule has 0 aromatic carbocycles. The number of aromatic carboxylic acids is 1. The number of nitrogens with zero attached hydrogens (tertiary/aromatic N) is 1. The van der Waals surface area contributed by atoms with Crippen LogP contribution in [0, 0.1) is 0 Å². The van der Waals surface area contributed by atoms with E-state index in [4.69, 9.17) is 16.7 Å². The van der Waals surface area contributed by atoms with Crippen LogP contribution in [0.3, 0.4) is 0 Å². The van der Waals surface area contributed by atoms with E-state index in [1.54, 1.807) is 0 Å². The molecule has 0 bridgehead atoms. The molecule has 0 spiro atoms. The summed E-state index contributed by atoms with van der Waals surface area (Å²) in [4.78, 5) is 14.9. The van der Waals surface area contributed by atoms with Crippen molar-refractivity contribution < 1.29 is 9.90 Å². The fourth-order valence-electron chi connectivity index (χ4n) is 0.968. The summed E-state index contributed by atoms with van der Waals surface area (Å²) in [5, 5.41) is 9.07. The maximum absolute atomic E-state index is 10.8. The van der Waals surface area contributed by atoms with E-state index in [0.717, 1.165) is 0 Å². The zero-order valence-corrected chi connectivity index (χ0v) is 10.1. The number of carbonyl (C=O) groups is 1. The number of hydrogen-bond acceptors (Lipinski definition) is 2. The number of rotatable bonds is 2. The monoisotopic (exact) mass is 277 g/mol. The van der Waals surface area contributed by atoms with Crippen molar-refractivity contribution in [2.24, 2.45) is 0 Å². The highest BCUT2D eigenvalue weighted by molar-refractivity contribution is 9.10. The quantitative estimate of drug-likeness (QED) is 0.844. The fourth-order valence-corrected chi connectivity index (χ4v) is 1.54. The minimum Gasteiger partial charge on any atom is -0.478 e. The zero-order chi connectivity index (χ0) is 10.9. The van der Waals surface area contributed by atoms with Crippen LogP contribution in [0.1, 0.15) is 35.8 Å². The molecule has 1 aromatic heterocycles. The summed E-state index contributed by atoms with van der Waals surface area (Å²) in [6.45, 7) is 3.86. The van der Waals surface area contributed by atoms with E-state index in [1.807, 2.05) is 13.8 Å². The standard InChI is InChI=1S/C9H9BrClNO2/c1-4(2)6-3-5(9(13)14)7(10)8(11)12-6/h3-4H,1-2H3,(H,13,14). The molecular formula is C9H9BrClNO2. The maximum Gasteiger partial charge on any atom is 0.337 e. The molecule has 0 aliphatic heterocycles. The first-order valence-corrected chi connectivity index (χ1v) is 5.19. The molecule has 1 aromatic rings. The fraction of sp³-hybridized carbons (Fsp3) is 0.333. The summed E-state index contributed by atoms with van der Waals surface area (Å²) in [7, 11) is 0. The highest BCUT2D eigenvalue weighted by Crippen LogP contribution is 2.27. The smallest absolute Gasteiger partial charge is 0.337 e. The van der Waals surface area contributed by atoms with Crippen LogP contribution in [0.25, 0.3) is 0 Å². The van der Waals surface area contributed by atoms with Crippen LogP contribution in [0.2, 0.25) is 5.15 Å². The largest absolute Gasteiger partial charge is 0.478 e. The number of carboxylic acid groups (broad SMARTS) is 1. The molecule has 14 heavy (non-hydrogen) atoms. The third kappa shape index (κ3) is 2.25. The first kappa shape index (κ1) is 11.5. The van der Waals surface area contributed by atoms with Crippen molar-refractivity contribution in [1.82, 2.24) is 4.98 Å². The Morgan fingerprint density at radius 1 is 1.64 bits per heavy atom. The molecule has 0 amide bonds. The third-order valence-corrected chi connectivity index (χ3v) is 3.06. The van der Waals surface area contributed by atoms with Crippen molar-refractivity contribution in [2.45, 2.75) is 19.8 Å². The average Bonchev–Trinajstić information content (AvgIpc) is 2.08. The van der Waals surface area contributed by atoms with Gasteiger partial charge in [-0.25, -0.2) is 9.78 Å². The number of aromatic nitrogens is 1. The molecule has 0 aliphatic carbocycles. The van der Waals surface area contributed by atoms with E-state index in [9.17, 15) is 4.79 Å². The van der Waals surface area contributed by atoms with Gasteiger partial charge in [0.05, 0.1) is 10.0 Å². The van der Waals surface area contributed by atoms with Crippen LogP contribution >= 0.6 is 27.5 Å². The predicted molar refractivity (Wildman–Crippen MR) is 58.0 cm³/mol. The van der Waals surface area contributed by atoms with Gasteiger partial charge in [-0.2, -0.15) is 0 Å². The average molecular weight is 279 g/mol. The molecule has 0 radical (unpaired) electrons. The molecule has 1 rings (SSSR count). The van der Waals surface area contributed by atoms with Gasteiger partial charge in [0.15, 0.2) is 0 Å².